The number of rotatable bonds is 11. The summed E-state index contributed by atoms with van der Waals surface area (Å²) in [5.74, 6) is 1.63. The number of hydrogen-bond donors (Lipinski definition) is 2. The molecule has 0 amide bonds. The van der Waals surface area contributed by atoms with Crippen molar-refractivity contribution in [2.45, 2.75) is 66.8 Å². The quantitative estimate of drug-likeness (QED) is 0.299. The molecule has 0 aliphatic rings. The van der Waals surface area contributed by atoms with E-state index in [0.29, 0.717) is 35.7 Å². The van der Waals surface area contributed by atoms with E-state index in [4.69, 9.17) is 25.1 Å². The summed E-state index contributed by atoms with van der Waals surface area (Å²) in [4.78, 5) is 15.6. The van der Waals surface area contributed by atoms with Gasteiger partial charge in [0.1, 0.15) is 6.54 Å². The molecule has 0 unspecified atom stereocenters. The Kier molecular flexibility index (Phi) is 8.63. The number of methoxy groups -OCH3 is 1. The van der Waals surface area contributed by atoms with E-state index >= 15 is 0 Å². The van der Waals surface area contributed by atoms with Gasteiger partial charge in [0, 0.05) is 48.4 Å². The van der Waals surface area contributed by atoms with E-state index in [9.17, 15) is 4.79 Å². The molecule has 2 N–H and O–H groups in total. The molecule has 0 fully saturated rings. The zero-order valence-corrected chi connectivity index (χ0v) is 23.3. The maximum absolute atomic E-state index is 13.5. The molecule has 1 aromatic carbocycles. The molecule has 37 heavy (non-hydrogen) atoms. The van der Waals surface area contributed by atoms with Crippen LogP contribution in [0.5, 0.6) is 11.5 Å². The zero-order valence-electron chi connectivity index (χ0n) is 23.3. The largest absolute Gasteiger partial charge is 0.493 e. The third kappa shape index (κ3) is 5.64. The molecule has 0 radical (unpaired) electrons. The maximum atomic E-state index is 13.5. The van der Waals surface area contributed by atoms with Crippen LogP contribution in [0.25, 0.3) is 5.65 Å². The van der Waals surface area contributed by atoms with Gasteiger partial charge < -0.3 is 19.5 Å². The molecule has 2 aromatic heterocycles. The molecule has 0 bridgehead atoms. The van der Waals surface area contributed by atoms with Gasteiger partial charge in [0.2, 0.25) is 5.62 Å². The van der Waals surface area contributed by atoms with Crippen LogP contribution >= 0.6 is 0 Å². The fraction of sp³-hybridized carbons (Fsp3) is 0.556. The summed E-state index contributed by atoms with van der Waals surface area (Å²) in [6.45, 7) is 16.0. The summed E-state index contributed by atoms with van der Waals surface area (Å²) >= 11 is 0. The highest BCUT2D eigenvalue weighted by atomic mass is 16.5. The van der Waals surface area contributed by atoms with Crippen molar-refractivity contribution in [3.8, 4) is 11.5 Å². The Labute approximate surface area is 218 Å². The first-order valence-electron chi connectivity index (χ1n) is 12.7. The second kappa shape index (κ2) is 11.3. The number of aliphatic hydroxyl groups excluding tert-OH is 1. The predicted octanol–water partition coefficient (Wildman–Crippen LogP) is 3.42. The summed E-state index contributed by atoms with van der Waals surface area (Å²) < 4.78 is 14.4. The first kappa shape index (κ1) is 28.2. The monoisotopic (exact) mass is 512 g/mol. The van der Waals surface area contributed by atoms with Crippen molar-refractivity contribution in [2.75, 3.05) is 38.3 Å². The lowest BCUT2D eigenvalue weighted by atomic mass is 9.84. The number of ether oxygens (including phenoxy) is 2. The van der Waals surface area contributed by atoms with Gasteiger partial charge in [-0.05, 0) is 45.2 Å². The highest BCUT2D eigenvalue weighted by molar-refractivity contribution is 5.97. The van der Waals surface area contributed by atoms with Gasteiger partial charge in [-0.15, -0.1) is 10.2 Å². The Bertz CT molecular complexity index is 1330. The van der Waals surface area contributed by atoms with Crippen LogP contribution in [0.15, 0.2) is 12.1 Å². The Balaban J connectivity index is 2.06. The minimum atomic E-state index is -0.313. The van der Waals surface area contributed by atoms with E-state index in [-0.39, 0.29) is 30.0 Å². The number of nitrogens with zero attached hydrogens (tertiary/aromatic N) is 5. The van der Waals surface area contributed by atoms with Crippen LogP contribution in [0.2, 0.25) is 0 Å². The van der Waals surface area contributed by atoms with Crippen LogP contribution in [0.3, 0.4) is 0 Å². The van der Waals surface area contributed by atoms with E-state index < -0.39 is 0 Å². The number of nitrogens with one attached hydrogen (secondary N) is 1. The molecular formula is C27H40N6O4. The average molecular weight is 513 g/mol. The topological polar surface area (TPSA) is 118 Å². The van der Waals surface area contributed by atoms with Gasteiger partial charge in [-0.25, -0.2) is 4.68 Å². The third-order valence-electron chi connectivity index (χ3n) is 6.59. The van der Waals surface area contributed by atoms with Crippen molar-refractivity contribution >= 4 is 17.2 Å². The Morgan fingerprint density at radius 3 is 2.38 bits per heavy atom. The summed E-state index contributed by atoms with van der Waals surface area (Å²) in [7, 11) is 1.58. The molecule has 10 nitrogen and oxygen atoms in total. The summed E-state index contributed by atoms with van der Waals surface area (Å²) in [6.07, 6.45) is 0.465. The number of carbonyl (C=O) groups is 1. The number of aryl methyl sites for hydroxylation is 1. The molecule has 0 atom stereocenters. The number of aliphatic hydroxyl groups is 1. The van der Waals surface area contributed by atoms with Gasteiger partial charge in [-0.2, -0.15) is 4.52 Å². The normalized spacial score (nSPS) is 11.7. The van der Waals surface area contributed by atoms with Gasteiger partial charge in [0.15, 0.2) is 28.7 Å². The minimum Gasteiger partial charge on any atom is -0.493 e. The number of Topliss-reactive ketones (excluding diaryl/α,β-unsaturated/α-hetero) is 1. The number of carbonyl (C=O) groups excluding carboxylic acids is 1. The van der Waals surface area contributed by atoms with E-state index in [1.54, 1.807) is 13.2 Å². The van der Waals surface area contributed by atoms with Crippen LogP contribution in [-0.4, -0.2) is 63.7 Å². The fourth-order valence-electron chi connectivity index (χ4n) is 4.29. The Hall–Kier alpha value is -3.40. The van der Waals surface area contributed by atoms with E-state index in [1.165, 1.54) is 9.20 Å². The van der Waals surface area contributed by atoms with Crippen LogP contribution < -0.4 is 20.0 Å². The lowest BCUT2D eigenvalue weighted by Crippen LogP contribution is -2.29. The molecule has 0 spiro atoms. The van der Waals surface area contributed by atoms with Gasteiger partial charge in [-0.3, -0.25) is 10.2 Å². The summed E-state index contributed by atoms with van der Waals surface area (Å²) in [6, 6.07) is 3.49. The highest BCUT2D eigenvalue weighted by Crippen LogP contribution is 2.40. The smallest absolute Gasteiger partial charge is 0.242 e. The van der Waals surface area contributed by atoms with Crippen molar-refractivity contribution in [3.05, 3.63) is 40.0 Å². The molecule has 0 aliphatic carbocycles. The maximum Gasteiger partial charge on any atom is 0.242 e. The van der Waals surface area contributed by atoms with Gasteiger partial charge in [0.25, 0.3) is 0 Å². The summed E-state index contributed by atoms with van der Waals surface area (Å²) in [5, 5.41) is 27.2. The number of benzene rings is 1. The molecule has 0 aliphatic heterocycles. The standard InChI is InChI=1S/C27H40N6O4/c1-9-31(10-2)24-17(3)18(4)25-29-32(26(28)33(25)30-24)16-21(35)19-14-20(27(5,6)7)23(36-8)22(15-19)37-13-11-12-34/h14-15,28,34H,9-13,16H2,1-8H3. The molecule has 10 heteroatoms. The molecule has 0 saturated heterocycles. The molecular weight excluding hydrogens is 472 g/mol. The predicted molar refractivity (Wildman–Crippen MR) is 143 cm³/mol. The van der Waals surface area contributed by atoms with E-state index in [0.717, 1.165) is 35.6 Å². The third-order valence-corrected chi connectivity index (χ3v) is 6.59. The first-order chi connectivity index (χ1) is 17.5. The zero-order chi connectivity index (χ0) is 27.5. The lowest BCUT2D eigenvalue weighted by molar-refractivity contribution is 0.0964. The number of hydrogen-bond acceptors (Lipinski definition) is 8. The van der Waals surface area contributed by atoms with E-state index in [2.05, 4.69) is 23.8 Å². The highest BCUT2D eigenvalue weighted by Gasteiger charge is 2.26. The number of aromatic nitrogens is 4. The number of fused-ring (bicyclic) bond motifs is 1. The lowest BCUT2D eigenvalue weighted by Gasteiger charge is -2.25. The van der Waals surface area contributed by atoms with Crippen molar-refractivity contribution in [1.29, 1.82) is 5.41 Å². The van der Waals surface area contributed by atoms with Gasteiger partial charge in [0.05, 0.1) is 13.7 Å². The molecule has 0 saturated carbocycles. The molecule has 202 valence electrons. The van der Waals surface area contributed by atoms with Crippen molar-refractivity contribution in [2.24, 2.45) is 0 Å². The van der Waals surface area contributed by atoms with Gasteiger partial charge >= 0.3 is 0 Å². The average Bonchev–Trinajstić information content (AvgIpc) is 3.17. The van der Waals surface area contributed by atoms with Crippen LogP contribution in [0, 0.1) is 19.3 Å². The van der Waals surface area contributed by atoms with Crippen molar-refractivity contribution < 1.29 is 19.4 Å². The van der Waals surface area contributed by atoms with Crippen LogP contribution in [0.4, 0.5) is 5.82 Å². The number of anilines is 1. The van der Waals surface area contributed by atoms with E-state index in [1.807, 2.05) is 40.7 Å². The Morgan fingerprint density at radius 1 is 1.14 bits per heavy atom. The summed E-state index contributed by atoms with van der Waals surface area (Å²) in [5.41, 5.74) is 3.49. The second-order valence-corrected chi connectivity index (χ2v) is 10.1. The SMILES string of the molecule is CCN(CC)c1nn2c(=N)n(CC(=O)c3cc(OCCCO)c(OC)c(C(C)(C)C)c3)nc2c(C)c1C. The first-order valence-corrected chi connectivity index (χ1v) is 12.7. The van der Waals surface area contributed by atoms with Crippen molar-refractivity contribution in [3.63, 3.8) is 0 Å². The van der Waals surface area contributed by atoms with Crippen LogP contribution in [-0.2, 0) is 12.0 Å². The molecule has 3 rings (SSSR count). The minimum absolute atomic E-state index is 0.00673. The molecule has 2 heterocycles. The second-order valence-electron chi connectivity index (χ2n) is 10.1. The Morgan fingerprint density at radius 2 is 1.81 bits per heavy atom. The molecule has 3 aromatic rings. The number of ketones is 1. The van der Waals surface area contributed by atoms with Crippen molar-refractivity contribution in [1.82, 2.24) is 19.4 Å². The van der Waals surface area contributed by atoms with Gasteiger partial charge in [-0.1, -0.05) is 20.8 Å². The van der Waals surface area contributed by atoms with Crippen LogP contribution in [0.1, 0.15) is 68.1 Å². The fourth-order valence-corrected chi connectivity index (χ4v) is 4.29.